The molecule has 2 aromatic carbocycles. The molecule has 0 aliphatic rings. The summed E-state index contributed by atoms with van der Waals surface area (Å²) >= 11 is 1.76. The van der Waals surface area contributed by atoms with Crippen LogP contribution in [0.25, 0.3) is 0 Å². The third-order valence-electron chi connectivity index (χ3n) is 3.05. The number of benzene rings is 2. The van der Waals surface area contributed by atoms with Gasteiger partial charge in [0.1, 0.15) is 11.4 Å². The number of hydrogen-bond donors (Lipinski definition) is 0. The van der Waals surface area contributed by atoms with Gasteiger partial charge in [0.15, 0.2) is 0 Å². The second-order valence-corrected chi connectivity index (χ2v) is 6.25. The monoisotopic (exact) mass is 272 g/mol. The molecule has 2 rings (SSSR count). The summed E-state index contributed by atoms with van der Waals surface area (Å²) in [6.45, 7) is 6.36. The van der Waals surface area contributed by atoms with Crippen LogP contribution in [0.3, 0.4) is 0 Å². The van der Waals surface area contributed by atoms with E-state index in [1.54, 1.807) is 11.8 Å². The van der Waals surface area contributed by atoms with Gasteiger partial charge in [0.05, 0.1) is 0 Å². The van der Waals surface area contributed by atoms with E-state index in [0.717, 1.165) is 12.2 Å². The Morgan fingerprint density at radius 3 is 2.05 bits per heavy atom. The summed E-state index contributed by atoms with van der Waals surface area (Å²) in [5.74, 6) is 0.935. The van der Waals surface area contributed by atoms with Crippen LogP contribution >= 0.6 is 11.8 Å². The highest BCUT2D eigenvalue weighted by Crippen LogP contribution is 2.29. The zero-order valence-corrected chi connectivity index (χ0v) is 12.5. The molecule has 0 unspecified atom stereocenters. The Hall–Kier alpha value is -1.41. The lowest BCUT2D eigenvalue weighted by Gasteiger charge is -2.24. The van der Waals surface area contributed by atoms with Gasteiger partial charge in [0.2, 0.25) is 0 Å². The molecule has 0 spiro atoms. The van der Waals surface area contributed by atoms with E-state index in [2.05, 4.69) is 57.2 Å². The van der Waals surface area contributed by atoms with E-state index in [9.17, 15) is 0 Å². The molecular weight excluding hydrogens is 252 g/mol. The molecule has 2 aromatic rings. The van der Waals surface area contributed by atoms with Gasteiger partial charge in [-0.05, 0) is 56.7 Å². The summed E-state index contributed by atoms with van der Waals surface area (Å²) in [5, 5.41) is 0. The second kappa shape index (κ2) is 6.16. The number of ether oxygens (including phenoxy) is 1. The van der Waals surface area contributed by atoms with Crippen LogP contribution in [0.4, 0.5) is 0 Å². The normalized spacial score (nSPS) is 11.3. The standard InChI is InChI=1S/C17H20OS/c1-4-17(2,3)18-14-10-12-16(13-11-14)19-15-8-6-5-7-9-15/h5-13H,4H2,1-3H3. The third kappa shape index (κ3) is 4.32. The van der Waals surface area contributed by atoms with E-state index < -0.39 is 0 Å². The van der Waals surface area contributed by atoms with Crippen molar-refractivity contribution in [3.8, 4) is 5.75 Å². The highest BCUT2D eigenvalue weighted by atomic mass is 32.2. The first-order valence-corrected chi connectivity index (χ1v) is 7.43. The van der Waals surface area contributed by atoms with Crippen molar-refractivity contribution >= 4 is 11.8 Å². The number of hydrogen-bond acceptors (Lipinski definition) is 2. The molecule has 0 radical (unpaired) electrons. The Morgan fingerprint density at radius 1 is 0.895 bits per heavy atom. The van der Waals surface area contributed by atoms with Crippen LogP contribution in [-0.2, 0) is 0 Å². The van der Waals surface area contributed by atoms with E-state index in [1.807, 2.05) is 18.2 Å². The smallest absolute Gasteiger partial charge is 0.120 e. The summed E-state index contributed by atoms with van der Waals surface area (Å²) < 4.78 is 5.95. The summed E-state index contributed by atoms with van der Waals surface area (Å²) in [6, 6.07) is 18.7. The lowest BCUT2D eigenvalue weighted by molar-refractivity contribution is 0.105. The summed E-state index contributed by atoms with van der Waals surface area (Å²) in [4.78, 5) is 2.48. The molecule has 0 bridgehead atoms. The van der Waals surface area contributed by atoms with E-state index in [0.29, 0.717) is 0 Å². The molecule has 19 heavy (non-hydrogen) atoms. The van der Waals surface area contributed by atoms with Gasteiger partial charge in [-0.2, -0.15) is 0 Å². The highest BCUT2D eigenvalue weighted by molar-refractivity contribution is 7.99. The molecule has 0 saturated carbocycles. The maximum atomic E-state index is 5.95. The van der Waals surface area contributed by atoms with Crippen molar-refractivity contribution in [2.75, 3.05) is 0 Å². The maximum absolute atomic E-state index is 5.95. The fraction of sp³-hybridized carbons (Fsp3) is 0.294. The van der Waals surface area contributed by atoms with Crippen molar-refractivity contribution in [1.82, 2.24) is 0 Å². The molecule has 0 saturated heterocycles. The Bertz CT molecular complexity index is 503. The van der Waals surface area contributed by atoms with Crippen LogP contribution in [0, 0.1) is 0 Å². The molecule has 0 N–H and O–H groups in total. The molecule has 1 nitrogen and oxygen atoms in total. The third-order valence-corrected chi connectivity index (χ3v) is 4.06. The first-order valence-electron chi connectivity index (χ1n) is 6.61. The molecule has 0 amide bonds. The van der Waals surface area contributed by atoms with Gasteiger partial charge in [-0.25, -0.2) is 0 Å². The largest absolute Gasteiger partial charge is 0.488 e. The average Bonchev–Trinajstić information content (AvgIpc) is 2.42. The van der Waals surface area contributed by atoms with Crippen LogP contribution < -0.4 is 4.74 Å². The van der Waals surface area contributed by atoms with Crippen LogP contribution in [0.5, 0.6) is 5.75 Å². The summed E-state index contributed by atoms with van der Waals surface area (Å²) in [6.07, 6.45) is 0.994. The molecule has 2 heteroatoms. The summed E-state index contributed by atoms with van der Waals surface area (Å²) in [7, 11) is 0. The molecule has 0 aliphatic carbocycles. The van der Waals surface area contributed by atoms with Gasteiger partial charge in [-0.15, -0.1) is 0 Å². The zero-order valence-electron chi connectivity index (χ0n) is 11.7. The Morgan fingerprint density at radius 2 is 1.47 bits per heavy atom. The Balaban J connectivity index is 2.03. The van der Waals surface area contributed by atoms with Gasteiger partial charge in [-0.1, -0.05) is 36.9 Å². The van der Waals surface area contributed by atoms with E-state index in [1.165, 1.54) is 9.79 Å². The van der Waals surface area contributed by atoms with Crippen LogP contribution in [0.15, 0.2) is 64.4 Å². The molecule has 0 fully saturated rings. The minimum atomic E-state index is -0.103. The van der Waals surface area contributed by atoms with Gasteiger partial charge in [-0.3, -0.25) is 0 Å². The molecule has 0 aromatic heterocycles. The molecule has 0 aliphatic heterocycles. The molecule has 0 atom stereocenters. The van der Waals surface area contributed by atoms with Crippen molar-refractivity contribution < 1.29 is 4.74 Å². The van der Waals surface area contributed by atoms with Gasteiger partial charge >= 0.3 is 0 Å². The minimum absolute atomic E-state index is 0.103. The average molecular weight is 272 g/mol. The minimum Gasteiger partial charge on any atom is -0.488 e. The Labute approximate surface area is 120 Å². The lowest BCUT2D eigenvalue weighted by atomic mass is 10.1. The fourth-order valence-corrected chi connectivity index (χ4v) is 2.43. The van der Waals surface area contributed by atoms with E-state index >= 15 is 0 Å². The van der Waals surface area contributed by atoms with Crippen molar-refractivity contribution in [3.05, 3.63) is 54.6 Å². The van der Waals surface area contributed by atoms with Crippen molar-refractivity contribution in [2.45, 2.75) is 42.6 Å². The van der Waals surface area contributed by atoms with Gasteiger partial charge < -0.3 is 4.74 Å². The predicted molar refractivity (Wildman–Crippen MR) is 82.0 cm³/mol. The van der Waals surface area contributed by atoms with Gasteiger partial charge in [0, 0.05) is 9.79 Å². The zero-order chi connectivity index (χ0) is 13.7. The van der Waals surface area contributed by atoms with Crippen LogP contribution in [0.1, 0.15) is 27.2 Å². The van der Waals surface area contributed by atoms with E-state index in [-0.39, 0.29) is 5.60 Å². The quantitative estimate of drug-likeness (QED) is 0.720. The molecular formula is C17H20OS. The van der Waals surface area contributed by atoms with Crippen molar-refractivity contribution in [2.24, 2.45) is 0 Å². The van der Waals surface area contributed by atoms with Crippen molar-refractivity contribution in [1.29, 1.82) is 0 Å². The lowest BCUT2D eigenvalue weighted by Crippen LogP contribution is -2.26. The fourth-order valence-electron chi connectivity index (χ4n) is 1.59. The second-order valence-electron chi connectivity index (χ2n) is 5.10. The Kier molecular flexibility index (Phi) is 4.54. The van der Waals surface area contributed by atoms with Crippen LogP contribution in [-0.4, -0.2) is 5.60 Å². The van der Waals surface area contributed by atoms with Crippen molar-refractivity contribution in [3.63, 3.8) is 0 Å². The topological polar surface area (TPSA) is 9.23 Å². The molecule has 100 valence electrons. The first kappa shape index (κ1) is 14.0. The SMILES string of the molecule is CCC(C)(C)Oc1ccc(Sc2ccccc2)cc1. The summed E-state index contributed by atoms with van der Waals surface area (Å²) in [5.41, 5.74) is -0.103. The highest BCUT2D eigenvalue weighted by Gasteiger charge is 2.16. The van der Waals surface area contributed by atoms with Crippen LogP contribution in [0.2, 0.25) is 0 Å². The maximum Gasteiger partial charge on any atom is 0.120 e. The van der Waals surface area contributed by atoms with Gasteiger partial charge in [0.25, 0.3) is 0 Å². The predicted octanol–water partition coefficient (Wildman–Crippen LogP) is 5.41. The number of rotatable bonds is 5. The molecule has 0 heterocycles. The van der Waals surface area contributed by atoms with E-state index in [4.69, 9.17) is 4.74 Å². The first-order chi connectivity index (χ1) is 9.09.